The van der Waals surface area contributed by atoms with Gasteiger partial charge in [0, 0.05) is 0 Å². The van der Waals surface area contributed by atoms with Crippen molar-refractivity contribution in [2.45, 2.75) is 15.7 Å². The third-order valence-corrected chi connectivity index (χ3v) is 16.9. The average Bonchev–Trinajstić information content (AvgIpc) is 2.04. The summed E-state index contributed by atoms with van der Waals surface area (Å²) in [5.74, 6) is 0. The van der Waals surface area contributed by atoms with Crippen molar-refractivity contribution >= 4 is 27.1 Å². The molecule has 0 N–H and O–H groups in total. The molecule has 0 radical (unpaired) electrons. The van der Waals surface area contributed by atoms with E-state index in [9.17, 15) is 0 Å². The van der Waals surface area contributed by atoms with Crippen molar-refractivity contribution < 1.29 is 17.1 Å². The van der Waals surface area contributed by atoms with E-state index in [2.05, 4.69) is 27.5 Å². The monoisotopic (exact) mass is 283 g/mol. The molecule has 0 heterocycles. The van der Waals surface area contributed by atoms with Crippen LogP contribution in [-0.2, 0) is 17.1 Å². The molecule has 1 rings (SSSR count). The van der Waals surface area contributed by atoms with Crippen molar-refractivity contribution in [2.75, 3.05) is 0 Å². The van der Waals surface area contributed by atoms with E-state index >= 15 is 0 Å². The zero-order chi connectivity index (χ0) is 7.85. The first-order valence-electron chi connectivity index (χ1n) is 3.97. The van der Waals surface area contributed by atoms with Crippen LogP contribution < -0.4 is 0 Å². The molecule has 11 heavy (non-hydrogen) atoms. The molecule has 1 aliphatic rings. The SMILES string of the molecule is Cl.[CH3][Zr]([CH3])([SiH3])([SiH3])[C]1=CC=CC1. The van der Waals surface area contributed by atoms with Crippen molar-refractivity contribution in [3.8, 4) is 0 Å². The quantitative estimate of drug-likeness (QED) is 0.619. The van der Waals surface area contributed by atoms with E-state index in [1.807, 2.05) is 3.28 Å². The summed E-state index contributed by atoms with van der Waals surface area (Å²) in [6.45, 7) is 0. The van der Waals surface area contributed by atoms with E-state index in [0.717, 1.165) is 0 Å². The van der Waals surface area contributed by atoms with Crippen LogP contribution in [0.1, 0.15) is 6.42 Å². The predicted octanol–water partition coefficient (Wildman–Crippen LogP) is 0.599. The Kier molecular flexibility index (Phi) is 3.79. The van der Waals surface area contributed by atoms with Gasteiger partial charge in [0.2, 0.25) is 0 Å². The van der Waals surface area contributed by atoms with Gasteiger partial charge < -0.3 is 0 Å². The summed E-state index contributed by atoms with van der Waals surface area (Å²) in [7, 11) is 2.99. The van der Waals surface area contributed by atoms with E-state index in [1.54, 1.807) is 0 Å². The summed E-state index contributed by atoms with van der Waals surface area (Å²) in [4.78, 5) is 0. The van der Waals surface area contributed by atoms with Gasteiger partial charge in [0.05, 0.1) is 0 Å². The second-order valence-electron chi connectivity index (χ2n) is 5.32. The first-order chi connectivity index (χ1) is 4.36. The topological polar surface area (TPSA) is 0 Å². The fraction of sp³-hybridized carbons (Fsp3) is 0.429. The van der Waals surface area contributed by atoms with Gasteiger partial charge in [-0.15, -0.1) is 12.4 Å². The molecule has 0 saturated heterocycles. The molecule has 0 spiro atoms. The van der Waals surface area contributed by atoms with Gasteiger partial charge in [-0.3, -0.25) is 0 Å². The van der Waals surface area contributed by atoms with Crippen LogP contribution in [0.3, 0.4) is 0 Å². The molecule has 65 valence electrons. The van der Waals surface area contributed by atoms with Crippen LogP contribution in [0.15, 0.2) is 21.5 Å². The molecule has 0 aromatic carbocycles. The Labute approximate surface area is 80.8 Å². The number of allylic oxidation sites excluding steroid dienone is 4. The van der Waals surface area contributed by atoms with E-state index < -0.39 is 17.1 Å². The Bertz CT molecular complexity index is 203. The van der Waals surface area contributed by atoms with Crippen molar-refractivity contribution in [3.05, 3.63) is 21.5 Å². The zero-order valence-electron chi connectivity index (χ0n) is 7.85. The first kappa shape index (κ1) is 12.1. The van der Waals surface area contributed by atoms with Crippen LogP contribution in [-0.4, -0.2) is 14.7 Å². The van der Waals surface area contributed by atoms with Crippen molar-refractivity contribution in [1.82, 2.24) is 0 Å². The van der Waals surface area contributed by atoms with Crippen LogP contribution in [0.4, 0.5) is 0 Å². The number of hydrogen-bond donors (Lipinski definition) is 0. The molecule has 4 heteroatoms. The van der Waals surface area contributed by atoms with Crippen molar-refractivity contribution in [2.24, 2.45) is 0 Å². The maximum absolute atomic E-state index is 2.61. The first-order valence-corrected chi connectivity index (χ1v) is 26.9. The van der Waals surface area contributed by atoms with Crippen LogP contribution >= 0.6 is 12.4 Å². The number of hydrogen-bond acceptors (Lipinski definition) is 0. The average molecular weight is 285 g/mol. The predicted molar refractivity (Wildman–Crippen MR) is 60.7 cm³/mol. The number of rotatable bonds is 1. The summed E-state index contributed by atoms with van der Waals surface area (Å²) >= 11 is -1.93. The number of halogens is 1. The molecule has 0 aromatic rings. The molecule has 0 aromatic heterocycles. The Hall–Kier alpha value is 1.09. The third-order valence-electron chi connectivity index (χ3n) is 2.06. The fourth-order valence-corrected chi connectivity index (χ4v) is 9.75. The summed E-state index contributed by atoms with van der Waals surface area (Å²) in [6, 6.07) is 0. The van der Waals surface area contributed by atoms with Gasteiger partial charge in [0.1, 0.15) is 0 Å². The molecule has 0 unspecified atom stereocenters. The maximum atomic E-state index is 2.61. The van der Waals surface area contributed by atoms with Crippen LogP contribution in [0.5, 0.6) is 0 Å². The van der Waals surface area contributed by atoms with Gasteiger partial charge in [-0.25, -0.2) is 0 Å². The molecule has 0 bridgehead atoms. The normalized spacial score (nSPS) is 20.5. The van der Waals surface area contributed by atoms with Gasteiger partial charge in [-0.1, -0.05) is 0 Å². The molecule has 0 saturated carbocycles. The standard InChI is InChI=1S/C5H5.2CH3.ClH.2H3Si.Zr/c1-2-4-5-3-1;;;;;;/h1-3H,4H2;2*1H3;1H;2*1H3;. The van der Waals surface area contributed by atoms with Crippen molar-refractivity contribution in [1.29, 1.82) is 0 Å². The van der Waals surface area contributed by atoms with Gasteiger partial charge >= 0.3 is 69.0 Å². The minimum atomic E-state index is -1.93. The second-order valence-corrected chi connectivity index (χ2v) is 79.8. The van der Waals surface area contributed by atoms with E-state index in [0.29, 0.717) is 0 Å². The van der Waals surface area contributed by atoms with Crippen LogP contribution in [0, 0.1) is 0 Å². The fourth-order valence-electron chi connectivity index (χ4n) is 1.19. The van der Waals surface area contributed by atoms with Crippen molar-refractivity contribution in [3.63, 3.8) is 0 Å². The molecule has 0 aliphatic heterocycles. The summed E-state index contributed by atoms with van der Waals surface area (Å²) < 4.78 is 7.08. The van der Waals surface area contributed by atoms with Gasteiger partial charge in [0.25, 0.3) is 0 Å². The molecule has 1 aliphatic carbocycles. The van der Waals surface area contributed by atoms with Gasteiger partial charge in [0.15, 0.2) is 0 Å². The molecule has 0 nitrogen and oxygen atoms in total. The Morgan fingerprint density at radius 1 is 1.36 bits per heavy atom. The van der Waals surface area contributed by atoms with E-state index in [4.69, 9.17) is 0 Å². The van der Waals surface area contributed by atoms with E-state index in [1.165, 1.54) is 21.2 Å². The van der Waals surface area contributed by atoms with Crippen LogP contribution in [0.2, 0.25) is 9.26 Å². The molecule has 0 amide bonds. The third kappa shape index (κ3) is 3.54. The zero-order valence-corrected chi connectivity index (χ0v) is 15.1. The molecule has 0 fully saturated rings. The van der Waals surface area contributed by atoms with Crippen LogP contribution in [0.25, 0.3) is 0 Å². The summed E-state index contributed by atoms with van der Waals surface area (Å²) in [5, 5.41) is 0. The summed E-state index contributed by atoms with van der Waals surface area (Å²) in [6.07, 6.45) is 8.24. The molecular weight excluding hydrogens is 267 g/mol. The summed E-state index contributed by atoms with van der Waals surface area (Å²) in [5.41, 5.74) is 0. The Morgan fingerprint density at radius 2 is 1.91 bits per heavy atom. The van der Waals surface area contributed by atoms with Gasteiger partial charge in [-0.2, -0.15) is 0 Å². The molecular formula is C7H18ClSi2Zr. The molecule has 0 atom stereocenters. The second kappa shape index (κ2) is 3.45. The van der Waals surface area contributed by atoms with Gasteiger partial charge in [-0.05, 0) is 0 Å². The Morgan fingerprint density at radius 3 is 2.09 bits per heavy atom. The minimum absolute atomic E-state index is 0. The Balaban J connectivity index is 0.000001000. The van der Waals surface area contributed by atoms with E-state index in [-0.39, 0.29) is 12.4 Å².